The zero-order valence-corrected chi connectivity index (χ0v) is 10.6. The Morgan fingerprint density at radius 1 is 1.47 bits per heavy atom. The van der Waals surface area contributed by atoms with E-state index < -0.39 is 0 Å². The van der Waals surface area contributed by atoms with Crippen molar-refractivity contribution in [3.8, 4) is 0 Å². The Labute approximate surface area is 110 Å². The molecule has 6 heteroatoms. The Kier molecular flexibility index (Phi) is 3.41. The second kappa shape index (κ2) is 5.36. The van der Waals surface area contributed by atoms with Crippen LogP contribution in [0.1, 0.15) is 25.7 Å². The van der Waals surface area contributed by atoms with Crippen LogP contribution in [0.3, 0.4) is 0 Å². The molecule has 0 aromatic carbocycles. The molecule has 2 aromatic rings. The lowest BCUT2D eigenvalue weighted by Crippen LogP contribution is -2.16. The summed E-state index contributed by atoms with van der Waals surface area (Å²) in [4.78, 5) is 11.9. The summed E-state index contributed by atoms with van der Waals surface area (Å²) < 4.78 is 7.25. The lowest BCUT2D eigenvalue weighted by molar-refractivity contribution is -0.116. The van der Waals surface area contributed by atoms with Gasteiger partial charge in [0.1, 0.15) is 0 Å². The predicted octanol–water partition coefficient (Wildman–Crippen LogP) is 1.63. The lowest BCUT2D eigenvalue weighted by Gasteiger charge is -2.08. The number of aromatic nitrogens is 3. The minimum absolute atomic E-state index is 0.0475. The molecule has 1 unspecified atom stereocenters. The molecule has 1 atom stereocenters. The molecule has 100 valence electrons. The number of rotatable bonds is 4. The summed E-state index contributed by atoms with van der Waals surface area (Å²) in [6.07, 6.45) is 5.43. The Morgan fingerprint density at radius 2 is 2.42 bits per heavy atom. The molecule has 1 amide bonds. The van der Waals surface area contributed by atoms with Crippen LogP contribution in [0.2, 0.25) is 0 Å². The molecule has 1 N–H and O–H groups in total. The first-order valence-electron chi connectivity index (χ1n) is 6.54. The zero-order valence-electron chi connectivity index (χ0n) is 10.6. The molecule has 0 spiro atoms. The molecular formula is C13H16N4O2. The van der Waals surface area contributed by atoms with Gasteiger partial charge in [-0.15, -0.1) is 10.2 Å². The fourth-order valence-electron chi connectivity index (χ4n) is 2.28. The number of hydrogen-bond donors (Lipinski definition) is 1. The Morgan fingerprint density at radius 3 is 3.26 bits per heavy atom. The van der Waals surface area contributed by atoms with Crippen molar-refractivity contribution in [2.45, 2.75) is 31.8 Å². The maximum atomic E-state index is 11.9. The number of nitrogens with one attached hydrogen (secondary N) is 1. The quantitative estimate of drug-likeness (QED) is 0.907. The summed E-state index contributed by atoms with van der Waals surface area (Å²) in [5.41, 5.74) is 0.719. The summed E-state index contributed by atoms with van der Waals surface area (Å²) in [5, 5.41) is 10.7. The summed E-state index contributed by atoms with van der Waals surface area (Å²) >= 11 is 0. The Bertz CT molecular complexity index is 575. The molecule has 1 aliphatic rings. The number of fused-ring (bicyclic) bond motifs is 1. The molecule has 1 saturated heterocycles. The highest BCUT2D eigenvalue weighted by Crippen LogP contribution is 2.17. The summed E-state index contributed by atoms with van der Waals surface area (Å²) in [7, 11) is 0. The van der Waals surface area contributed by atoms with Crippen molar-refractivity contribution in [1.82, 2.24) is 14.6 Å². The molecule has 19 heavy (non-hydrogen) atoms. The van der Waals surface area contributed by atoms with Crippen LogP contribution in [-0.4, -0.2) is 33.2 Å². The second-order valence-corrected chi connectivity index (χ2v) is 4.67. The first-order chi connectivity index (χ1) is 9.33. The fraction of sp³-hybridized carbons (Fsp3) is 0.462. The van der Waals surface area contributed by atoms with Crippen LogP contribution in [0.25, 0.3) is 5.65 Å². The van der Waals surface area contributed by atoms with Crippen LogP contribution in [0.15, 0.2) is 24.4 Å². The van der Waals surface area contributed by atoms with E-state index >= 15 is 0 Å². The van der Waals surface area contributed by atoms with E-state index in [9.17, 15) is 4.79 Å². The number of carbonyl (C=O) groups excluding carboxylic acids is 1. The van der Waals surface area contributed by atoms with Crippen molar-refractivity contribution in [3.63, 3.8) is 0 Å². The van der Waals surface area contributed by atoms with E-state index in [4.69, 9.17) is 4.74 Å². The highest BCUT2D eigenvalue weighted by molar-refractivity contribution is 5.89. The van der Waals surface area contributed by atoms with Crippen LogP contribution in [0.4, 0.5) is 5.95 Å². The van der Waals surface area contributed by atoms with Crippen molar-refractivity contribution in [1.29, 1.82) is 0 Å². The van der Waals surface area contributed by atoms with Gasteiger partial charge >= 0.3 is 0 Å². The largest absolute Gasteiger partial charge is 0.378 e. The molecule has 3 heterocycles. The Balaban J connectivity index is 1.59. The van der Waals surface area contributed by atoms with Crippen molar-refractivity contribution in [2.75, 3.05) is 11.9 Å². The maximum absolute atomic E-state index is 11.9. The van der Waals surface area contributed by atoms with Gasteiger partial charge in [-0.2, -0.15) is 0 Å². The minimum Gasteiger partial charge on any atom is -0.378 e. The molecule has 6 nitrogen and oxygen atoms in total. The third-order valence-corrected chi connectivity index (χ3v) is 3.28. The second-order valence-electron chi connectivity index (χ2n) is 4.67. The average molecular weight is 260 g/mol. The topological polar surface area (TPSA) is 68.5 Å². The minimum atomic E-state index is -0.0475. The van der Waals surface area contributed by atoms with E-state index in [1.165, 1.54) is 0 Å². The molecular weight excluding hydrogens is 244 g/mol. The molecule has 0 aliphatic carbocycles. The van der Waals surface area contributed by atoms with Crippen LogP contribution in [-0.2, 0) is 9.53 Å². The van der Waals surface area contributed by atoms with E-state index in [1.807, 2.05) is 24.4 Å². The number of anilines is 1. The summed E-state index contributed by atoms with van der Waals surface area (Å²) in [6.45, 7) is 0.821. The molecule has 3 rings (SSSR count). The molecule has 2 aromatic heterocycles. The Hall–Kier alpha value is -1.95. The first-order valence-corrected chi connectivity index (χ1v) is 6.54. The molecule has 0 bridgehead atoms. The number of pyridine rings is 1. The van der Waals surface area contributed by atoms with Crippen LogP contribution >= 0.6 is 0 Å². The van der Waals surface area contributed by atoms with Gasteiger partial charge in [0.15, 0.2) is 5.65 Å². The van der Waals surface area contributed by atoms with Crippen LogP contribution < -0.4 is 5.32 Å². The normalized spacial score (nSPS) is 18.8. The standard InChI is InChI=1S/C13H16N4O2/c18-12(7-6-10-4-3-9-19-10)14-13-16-15-11-5-1-2-8-17(11)13/h1-2,5,8,10H,3-4,6-7,9H2,(H,14,16,18). The number of nitrogens with zero attached hydrogens (tertiary/aromatic N) is 3. The van der Waals surface area contributed by atoms with Crippen LogP contribution in [0.5, 0.6) is 0 Å². The van der Waals surface area contributed by atoms with E-state index in [0.29, 0.717) is 12.4 Å². The predicted molar refractivity (Wildman–Crippen MR) is 69.8 cm³/mol. The first kappa shape index (κ1) is 12.1. The van der Waals surface area contributed by atoms with Crippen molar-refractivity contribution < 1.29 is 9.53 Å². The van der Waals surface area contributed by atoms with Crippen molar-refractivity contribution in [2.24, 2.45) is 0 Å². The van der Waals surface area contributed by atoms with Gasteiger partial charge in [0.25, 0.3) is 0 Å². The van der Waals surface area contributed by atoms with Gasteiger partial charge in [-0.3, -0.25) is 14.5 Å². The van der Waals surface area contributed by atoms with Gasteiger partial charge in [-0.05, 0) is 31.4 Å². The van der Waals surface area contributed by atoms with Crippen LogP contribution in [0, 0.1) is 0 Å². The smallest absolute Gasteiger partial charge is 0.235 e. The van der Waals surface area contributed by atoms with Crippen molar-refractivity contribution in [3.05, 3.63) is 24.4 Å². The van der Waals surface area contributed by atoms with E-state index in [-0.39, 0.29) is 12.0 Å². The van der Waals surface area contributed by atoms with Gasteiger partial charge in [0.05, 0.1) is 6.10 Å². The lowest BCUT2D eigenvalue weighted by atomic mass is 10.1. The third kappa shape index (κ3) is 2.73. The van der Waals surface area contributed by atoms with E-state index in [2.05, 4.69) is 15.5 Å². The average Bonchev–Trinajstić information content (AvgIpc) is 3.07. The van der Waals surface area contributed by atoms with Gasteiger partial charge < -0.3 is 4.74 Å². The summed E-state index contributed by atoms with van der Waals surface area (Å²) in [6, 6.07) is 5.60. The zero-order chi connectivity index (χ0) is 13.1. The summed E-state index contributed by atoms with van der Waals surface area (Å²) in [5.74, 6) is 0.418. The van der Waals surface area contributed by atoms with E-state index in [1.54, 1.807) is 4.40 Å². The third-order valence-electron chi connectivity index (χ3n) is 3.28. The molecule has 0 radical (unpaired) electrons. The van der Waals surface area contributed by atoms with Crippen molar-refractivity contribution >= 4 is 17.5 Å². The number of hydrogen-bond acceptors (Lipinski definition) is 4. The van der Waals surface area contributed by atoms with Gasteiger partial charge in [0, 0.05) is 19.2 Å². The molecule has 0 saturated carbocycles. The fourth-order valence-corrected chi connectivity index (χ4v) is 2.28. The van der Waals surface area contributed by atoms with Gasteiger partial charge in [0.2, 0.25) is 11.9 Å². The van der Waals surface area contributed by atoms with Gasteiger partial charge in [-0.1, -0.05) is 6.07 Å². The number of amides is 1. The maximum Gasteiger partial charge on any atom is 0.235 e. The highest BCUT2D eigenvalue weighted by atomic mass is 16.5. The highest BCUT2D eigenvalue weighted by Gasteiger charge is 2.17. The molecule has 1 fully saturated rings. The number of carbonyl (C=O) groups is 1. The number of ether oxygens (including phenoxy) is 1. The van der Waals surface area contributed by atoms with Gasteiger partial charge in [-0.25, -0.2) is 0 Å². The molecule has 1 aliphatic heterocycles. The monoisotopic (exact) mass is 260 g/mol. The SMILES string of the molecule is O=C(CCC1CCCO1)Nc1nnc2ccccn12. The van der Waals surface area contributed by atoms with E-state index in [0.717, 1.165) is 31.5 Å².